The Morgan fingerprint density at radius 3 is 2.75 bits per heavy atom. The van der Waals surface area contributed by atoms with Gasteiger partial charge in [-0.15, -0.1) is 0 Å². The van der Waals surface area contributed by atoms with E-state index in [-0.39, 0.29) is 5.82 Å². The zero-order chi connectivity index (χ0) is 11.7. The van der Waals surface area contributed by atoms with E-state index in [2.05, 4.69) is 10.2 Å². The molecule has 0 radical (unpaired) electrons. The van der Waals surface area contributed by atoms with E-state index in [1.807, 2.05) is 7.05 Å². The van der Waals surface area contributed by atoms with Crippen LogP contribution < -0.4 is 5.32 Å². The molecule has 0 amide bonds. The number of aryl methyl sites for hydroxylation is 1. The van der Waals surface area contributed by atoms with Crippen LogP contribution in [0.3, 0.4) is 0 Å². The SMILES string of the molecule is Cc1cc(Cl)c(CN(C)C2CNC2)cc1F. The van der Waals surface area contributed by atoms with Gasteiger partial charge in [-0.05, 0) is 37.2 Å². The first kappa shape index (κ1) is 11.8. The summed E-state index contributed by atoms with van der Waals surface area (Å²) in [6, 6.07) is 3.78. The molecule has 1 aliphatic heterocycles. The van der Waals surface area contributed by atoms with E-state index >= 15 is 0 Å². The van der Waals surface area contributed by atoms with Crippen LogP contribution >= 0.6 is 11.6 Å². The molecule has 0 aromatic heterocycles. The molecule has 1 aliphatic rings. The van der Waals surface area contributed by atoms with Crippen molar-refractivity contribution in [2.45, 2.75) is 19.5 Å². The molecule has 0 spiro atoms. The monoisotopic (exact) mass is 242 g/mol. The highest BCUT2D eigenvalue weighted by atomic mass is 35.5. The van der Waals surface area contributed by atoms with Gasteiger partial charge in [0.1, 0.15) is 5.82 Å². The number of nitrogens with one attached hydrogen (secondary N) is 1. The number of hydrogen-bond donors (Lipinski definition) is 1. The van der Waals surface area contributed by atoms with Crippen LogP contribution in [-0.2, 0) is 6.54 Å². The zero-order valence-corrected chi connectivity index (χ0v) is 10.3. The summed E-state index contributed by atoms with van der Waals surface area (Å²) in [4.78, 5) is 2.20. The van der Waals surface area contributed by atoms with Gasteiger partial charge >= 0.3 is 0 Å². The van der Waals surface area contributed by atoms with Crippen molar-refractivity contribution < 1.29 is 4.39 Å². The molecule has 4 heteroatoms. The normalized spacial score (nSPS) is 16.6. The van der Waals surface area contributed by atoms with Gasteiger partial charge in [0.15, 0.2) is 0 Å². The van der Waals surface area contributed by atoms with E-state index in [0.717, 1.165) is 18.7 Å². The molecule has 0 unspecified atom stereocenters. The summed E-state index contributed by atoms with van der Waals surface area (Å²) in [5.41, 5.74) is 1.46. The van der Waals surface area contributed by atoms with Crippen LogP contribution in [0.1, 0.15) is 11.1 Å². The maximum atomic E-state index is 13.4. The first-order valence-corrected chi connectivity index (χ1v) is 5.81. The molecule has 2 rings (SSSR count). The fourth-order valence-corrected chi connectivity index (χ4v) is 2.07. The average Bonchev–Trinajstić information content (AvgIpc) is 2.11. The number of nitrogens with zero attached hydrogens (tertiary/aromatic N) is 1. The summed E-state index contributed by atoms with van der Waals surface area (Å²) in [7, 11) is 2.04. The van der Waals surface area contributed by atoms with Gasteiger partial charge in [-0.2, -0.15) is 0 Å². The third-order valence-corrected chi connectivity index (χ3v) is 3.48. The average molecular weight is 243 g/mol. The van der Waals surface area contributed by atoms with Crippen molar-refractivity contribution in [1.82, 2.24) is 10.2 Å². The van der Waals surface area contributed by atoms with Crippen molar-refractivity contribution in [3.63, 3.8) is 0 Å². The van der Waals surface area contributed by atoms with Crippen LogP contribution in [0.5, 0.6) is 0 Å². The summed E-state index contributed by atoms with van der Waals surface area (Å²) >= 11 is 6.10. The van der Waals surface area contributed by atoms with E-state index in [1.54, 1.807) is 19.1 Å². The maximum absolute atomic E-state index is 13.4. The molecule has 0 atom stereocenters. The van der Waals surface area contributed by atoms with E-state index in [9.17, 15) is 4.39 Å². The molecule has 2 nitrogen and oxygen atoms in total. The van der Waals surface area contributed by atoms with Crippen molar-refractivity contribution >= 4 is 11.6 Å². The topological polar surface area (TPSA) is 15.3 Å². The molecule has 1 aromatic carbocycles. The third-order valence-electron chi connectivity index (χ3n) is 3.13. The van der Waals surface area contributed by atoms with Crippen LogP contribution in [0.2, 0.25) is 5.02 Å². The molecule has 1 N–H and O–H groups in total. The molecule has 0 bridgehead atoms. The second-order valence-corrected chi connectivity index (χ2v) is 4.83. The van der Waals surface area contributed by atoms with Gasteiger partial charge in [0, 0.05) is 30.7 Å². The second kappa shape index (κ2) is 4.70. The summed E-state index contributed by atoms with van der Waals surface area (Å²) < 4.78 is 13.4. The van der Waals surface area contributed by atoms with Crippen molar-refractivity contribution in [3.05, 3.63) is 34.1 Å². The van der Waals surface area contributed by atoms with Crippen molar-refractivity contribution in [1.29, 1.82) is 0 Å². The first-order chi connectivity index (χ1) is 7.58. The Morgan fingerprint density at radius 2 is 2.19 bits per heavy atom. The summed E-state index contributed by atoms with van der Waals surface area (Å²) in [5, 5.41) is 3.87. The molecule has 16 heavy (non-hydrogen) atoms. The van der Waals surface area contributed by atoms with E-state index in [1.165, 1.54) is 0 Å². The lowest BCUT2D eigenvalue weighted by Crippen LogP contribution is -2.55. The number of halogens is 2. The van der Waals surface area contributed by atoms with Crippen LogP contribution in [0.4, 0.5) is 4.39 Å². The molecule has 1 aromatic rings. The Morgan fingerprint density at radius 1 is 1.50 bits per heavy atom. The van der Waals surface area contributed by atoms with Gasteiger partial charge in [0.25, 0.3) is 0 Å². The lowest BCUT2D eigenvalue weighted by molar-refractivity contribution is 0.173. The summed E-state index contributed by atoms with van der Waals surface area (Å²) in [6.45, 7) is 4.43. The zero-order valence-electron chi connectivity index (χ0n) is 9.56. The highest BCUT2D eigenvalue weighted by molar-refractivity contribution is 6.31. The van der Waals surface area contributed by atoms with Crippen LogP contribution in [0, 0.1) is 12.7 Å². The Labute approximate surface area is 100 Å². The summed E-state index contributed by atoms with van der Waals surface area (Å²) in [6.07, 6.45) is 0. The standard InChI is InChI=1S/C12H16ClFN2/c1-8-3-11(13)9(4-12(8)14)7-16(2)10-5-15-6-10/h3-4,10,15H,5-7H2,1-2H3. The number of rotatable bonds is 3. The van der Waals surface area contributed by atoms with Crippen molar-refractivity contribution in [2.75, 3.05) is 20.1 Å². The van der Waals surface area contributed by atoms with Gasteiger partial charge in [-0.1, -0.05) is 11.6 Å². The molecule has 1 heterocycles. The Kier molecular flexibility index (Phi) is 3.47. The van der Waals surface area contributed by atoms with Gasteiger partial charge in [-0.3, -0.25) is 4.90 Å². The lowest BCUT2D eigenvalue weighted by atomic mass is 10.1. The minimum Gasteiger partial charge on any atom is -0.314 e. The van der Waals surface area contributed by atoms with Crippen LogP contribution in [-0.4, -0.2) is 31.1 Å². The fourth-order valence-electron chi connectivity index (χ4n) is 1.79. The number of hydrogen-bond acceptors (Lipinski definition) is 2. The Bertz CT molecular complexity index is 391. The minimum absolute atomic E-state index is 0.181. The molecular formula is C12H16ClFN2. The quantitative estimate of drug-likeness (QED) is 0.874. The molecule has 0 aliphatic carbocycles. The predicted molar refractivity (Wildman–Crippen MR) is 64.3 cm³/mol. The van der Waals surface area contributed by atoms with E-state index in [0.29, 0.717) is 23.2 Å². The summed E-state index contributed by atoms with van der Waals surface area (Å²) in [5.74, 6) is -0.181. The minimum atomic E-state index is -0.181. The van der Waals surface area contributed by atoms with Gasteiger partial charge in [0.2, 0.25) is 0 Å². The first-order valence-electron chi connectivity index (χ1n) is 5.43. The van der Waals surface area contributed by atoms with Crippen molar-refractivity contribution in [3.8, 4) is 0 Å². The van der Waals surface area contributed by atoms with Crippen LogP contribution in [0.15, 0.2) is 12.1 Å². The van der Waals surface area contributed by atoms with E-state index < -0.39 is 0 Å². The molecule has 0 saturated carbocycles. The number of likely N-dealkylation sites (N-methyl/N-ethyl adjacent to an activating group) is 1. The highest BCUT2D eigenvalue weighted by Crippen LogP contribution is 2.22. The van der Waals surface area contributed by atoms with E-state index in [4.69, 9.17) is 11.6 Å². The largest absolute Gasteiger partial charge is 0.314 e. The maximum Gasteiger partial charge on any atom is 0.126 e. The van der Waals surface area contributed by atoms with Gasteiger partial charge < -0.3 is 5.32 Å². The molecular weight excluding hydrogens is 227 g/mol. The Hall–Kier alpha value is -0.640. The van der Waals surface area contributed by atoms with Gasteiger partial charge in [0.05, 0.1) is 0 Å². The lowest BCUT2D eigenvalue weighted by Gasteiger charge is -2.35. The fraction of sp³-hybridized carbons (Fsp3) is 0.500. The molecule has 1 fully saturated rings. The Balaban J connectivity index is 2.11. The highest BCUT2D eigenvalue weighted by Gasteiger charge is 2.22. The molecule has 88 valence electrons. The number of benzene rings is 1. The smallest absolute Gasteiger partial charge is 0.126 e. The third kappa shape index (κ3) is 2.37. The second-order valence-electron chi connectivity index (χ2n) is 4.42. The predicted octanol–water partition coefficient (Wildman–Crippen LogP) is 2.19. The molecule has 1 saturated heterocycles. The van der Waals surface area contributed by atoms with Crippen LogP contribution in [0.25, 0.3) is 0 Å². The van der Waals surface area contributed by atoms with Crippen molar-refractivity contribution in [2.24, 2.45) is 0 Å². The van der Waals surface area contributed by atoms with Gasteiger partial charge in [-0.25, -0.2) is 4.39 Å².